The fourth-order valence-electron chi connectivity index (χ4n) is 4.95. The van der Waals surface area contributed by atoms with Crippen LogP contribution in [0.15, 0.2) is 54.6 Å². The highest BCUT2D eigenvalue weighted by Gasteiger charge is 2.40. The van der Waals surface area contributed by atoms with Gasteiger partial charge in [-0.25, -0.2) is 4.39 Å². The van der Waals surface area contributed by atoms with E-state index in [1.807, 2.05) is 36.4 Å². The molecule has 0 radical (unpaired) electrons. The Morgan fingerprint density at radius 2 is 1.67 bits per heavy atom. The van der Waals surface area contributed by atoms with Crippen molar-refractivity contribution < 1.29 is 9.18 Å². The normalized spacial score (nSPS) is 28.4. The maximum atomic E-state index is 13.8. The Bertz CT molecular complexity index is 780. The maximum Gasteiger partial charge on any atom is 0.223 e. The lowest BCUT2D eigenvalue weighted by Gasteiger charge is -2.43. The quantitative estimate of drug-likeness (QED) is 0.853. The van der Waals surface area contributed by atoms with Gasteiger partial charge in [0.25, 0.3) is 0 Å². The Labute approximate surface area is 160 Å². The third-order valence-corrected chi connectivity index (χ3v) is 6.39. The van der Waals surface area contributed by atoms with Gasteiger partial charge in [0.1, 0.15) is 5.82 Å². The third kappa shape index (κ3) is 3.91. The number of hydrogen-bond acceptors (Lipinski definition) is 2. The molecule has 2 aliphatic rings. The first-order chi connectivity index (χ1) is 13.1. The zero-order chi connectivity index (χ0) is 18.8. The van der Waals surface area contributed by atoms with Gasteiger partial charge < -0.3 is 11.1 Å². The zero-order valence-corrected chi connectivity index (χ0v) is 15.5. The minimum atomic E-state index is -0.343. The monoisotopic (exact) mass is 366 g/mol. The van der Waals surface area contributed by atoms with Crippen LogP contribution in [0.25, 0.3) is 0 Å². The van der Waals surface area contributed by atoms with Crippen molar-refractivity contribution in [1.82, 2.24) is 5.32 Å². The highest BCUT2D eigenvalue weighted by molar-refractivity contribution is 5.79. The number of amides is 1. The average molecular weight is 366 g/mol. The second-order valence-corrected chi connectivity index (χ2v) is 8.10. The van der Waals surface area contributed by atoms with Crippen LogP contribution in [-0.4, -0.2) is 11.9 Å². The van der Waals surface area contributed by atoms with E-state index in [1.165, 1.54) is 18.6 Å². The van der Waals surface area contributed by atoms with Gasteiger partial charge in [-0.15, -0.1) is 0 Å². The lowest BCUT2D eigenvalue weighted by Crippen LogP contribution is -2.49. The number of rotatable bonds is 4. The van der Waals surface area contributed by atoms with E-state index in [0.717, 1.165) is 36.8 Å². The largest absolute Gasteiger partial charge is 0.345 e. The number of nitrogens with two attached hydrogens (primary N) is 1. The van der Waals surface area contributed by atoms with E-state index in [9.17, 15) is 9.18 Å². The van der Waals surface area contributed by atoms with E-state index in [2.05, 4.69) is 5.32 Å². The molecule has 2 aromatic carbocycles. The molecule has 2 aliphatic carbocycles. The molecule has 2 fully saturated rings. The minimum Gasteiger partial charge on any atom is -0.345 e. The van der Waals surface area contributed by atoms with Crippen LogP contribution in [0.3, 0.4) is 0 Å². The van der Waals surface area contributed by atoms with Crippen LogP contribution < -0.4 is 11.1 Å². The van der Waals surface area contributed by atoms with Gasteiger partial charge in [-0.2, -0.15) is 0 Å². The van der Waals surface area contributed by atoms with E-state index < -0.39 is 0 Å². The molecule has 3 nitrogen and oxygen atoms in total. The van der Waals surface area contributed by atoms with Gasteiger partial charge in [0, 0.05) is 12.0 Å². The smallest absolute Gasteiger partial charge is 0.223 e. The summed E-state index contributed by atoms with van der Waals surface area (Å²) in [5.74, 6) is 0.688. The van der Waals surface area contributed by atoms with Crippen LogP contribution in [0.4, 0.5) is 4.39 Å². The minimum absolute atomic E-state index is 0.000119. The molecule has 1 amide bonds. The predicted molar refractivity (Wildman–Crippen MR) is 104 cm³/mol. The molecule has 27 heavy (non-hydrogen) atoms. The number of carbonyl (C=O) groups excluding carboxylic acids is 1. The lowest BCUT2D eigenvalue weighted by molar-refractivity contribution is -0.128. The SMILES string of the molecule is NC1C2CCCC1CC(C(=O)NC(c1ccccc1)c1cccc(F)c1)C2. The van der Waals surface area contributed by atoms with E-state index in [0.29, 0.717) is 11.8 Å². The van der Waals surface area contributed by atoms with Crippen molar-refractivity contribution in [2.45, 2.75) is 44.2 Å². The molecule has 4 heteroatoms. The Balaban J connectivity index is 1.56. The van der Waals surface area contributed by atoms with E-state index >= 15 is 0 Å². The summed E-state index contributed by atoms with van der Waals surface area (Å²) in [7, 11) is 0. The van der Waals surface area contributed by atoms with Crippen molar-refractivity contribution in [2.75, 3.05) is 0 Å². The lowest BCUT2D eigenvalue weighted by atomic mass is 9.65. The van der Waals surface area contributed by atoms with Crippen molar-refractivity contribution in [1.29, 1.82) is 0 Å². The Morgan fingerprint density at radius 3 is 2.33 bits per heavy atom. The molecule has 0 heterocycles. The summed E-state index contributed by atoms with van der Waals surface area (Å²) < 4.78 is 13.8. The first kappa shape index (κ1) is 18.2. The summed E-state index contributed by atoms with van der Waals surface area (Å²) in [6.07, 6.45) is 5.23. The number of benzene rings is 2. The van der Waals surface area contributed by atoms with Crippen LogP contribution in [-0.2, 0) is 4.79 Å². The Kier molecular flexibility index (Phi) is 5.26. The Morgan fingerprint density at radius 1 is 1.00 bits per heavy atom. The highest BCUT2D eigenvalue weighted by atomic mass is 19.1. The molecule has 0 aromatic heterocycles. The molecule has 3 atom stereocenters. The fourth-order valence-corrected chi connectivity index (χ4v) is 4.95. The fraction of sp³-hybridized carbons (Fsp3) is 0.435. The second-order valence-electron chi connectivity index (χ2n) is 8.10. The summed E-state index contributed by atoms with van der Waals surface area (Å²) >= 11 is 0. The Hall–Kier alpha value is -2.20. The molecule has 2 saturated carbocycles. The molecule has 0 aliphatic heterocycles. The summed E-state index contributed by atoms with van der Waals surface area (Å²) in [4.78, 5) is 13.1. The number of carbonyl (C=O) groups is 1. The molecule has 142 valence electrons. The van der Waals surface area contributed by atoms with Crippen molar-refractivity contribution in [2.24, 2.45) is 23.5 Å². The highest BCUT2D eigenvalue weighted by Crippen LogP contribution is 2.42. The van der Waals surface area contributed by atoms with Gasteiger partial charge in [-0.05, 0) is 60.8 Å². The second kappa shape index (κ2) is 7.81. The number of hydrogen-bond donors (Lipinski definition) is 2. The zero-order valence-electron chi connectivity index (χ0n) is 15.5. The van der Waals surface area contributed by atoms with E-state index in [1.54, 1.807) is 6.07 Å². The summed E-state index contributed by atoms with van der Waals surface area (Å²) in [6, 6.07) is 16.2. The van der Waals surface area contributed by atoms with Crippen LogP contribution in [0, 0.1) is 23.6 Å². The molecular formula is C23H27FN2O. The molecular weight excluding hydrogens is 339 g/mol. The van der Waals surface area contributed by atoms with Gasteiger partial charge in [0.05, 0.1) is 6.04 Å². The standard InChI is InChI=1S/C23H27FN2O/c24-20-11-5-10-18(14-20)22(15-6-2-1-3-7-15)26-23(27)19-12-16-8-4-9-17(13-19)21(16)25/h1-3,5-7,10-11,14,16-17,19,21-22H,4,8-9,12-13,25H2,(H,26,27). The molecule has 0 saturated heterocycles. The van der Waals surface area contributed by atoms with Gasteiger partial charge in [0.15, 0.2) is 0 Å². The molecule has 3 unspecified atom stereocenters. The summed E-state index contributed by atoms with van der Waals surface area (Å²) in [5.41, 5.74) is 8.10. The maximum absolute atomic E-state index is 13.8. The molecule has 4 rings (SSSR count). The first-order valence-electron chi connectivity index (χ1n) is 9.98. The van der Waals surface area contributed by atoms with Gasteiger partial charge in [-0.3, -0.25) is 4.79 Å². The van der Waals surface area contributed by atoms with Gasteiger partial charge in [-0.1, -0.05) is 48.9 Å². The van der Waals surface area contributed by atoms with Crippen molar-refractivity contribution in [3.05, 3.63) is 71.5 Å². The molecule has 2 bridgehead atoms. The van der Waals surface area contributed by atoms with Crippen LogP contribution in [0.2, 0.25) is 0 Å². The van der Waals surface area contributed by atoms with E-state index in [-0.39, 0.29) is 29.7 Å². The van der Waals surface area contributed by atoms with Crippen molar-refractivity contribution >= 4 is 5.91 Å². The van der Waals surface area contributed by atoms with Gasteiger partial charge in [0.2, 0.25) is 5.91 Å². The average Bonchev–Trinajstić information content (AvgIpc) is 2.66. The van der Waals surface area contributed by atoms with E-state index in [4.69, 9.17) is 5.73 Å². The first-order valence-corrected chi connectivity index (χ1v) is 9.98. The molecule has 0 spiro atoms. The summed E-state index contributed by atoms with van der Waals surface area (Å²) in [5, 5.41) is 3.20. The number of fused-ring (bicyclic) bond motifs is 2. The number of nitrogens with one attached hydrogen (secondary N) is 1. The third-order valence-electron chi connectivity index (χ3n) is 6.39. The van der Waals surface area contributed by atoms with Crippen molar-refractivity contribution in [3.63, 3.8) is 0 Å². The van der Waals surface area contributed by atoms with Crippen LogP contribution in [0.1, 0.15) is 49.3 Å². The number of halogens is 1. The predicted octanol–water partition coefficient (Wildman–Crippen LogP) is 4.18. The van der Waals surface area contributed by atoms with Crippen LogP contribution in [0.5, 0.6) is 0 Å². The van der Waals surface area contributed by atoms with Gasteiger partial charge >= 0.3 is 0 Å². The molecule has 2 aromatic rings. The topological polar surface area (TPSA) is 55.1 Å². The summed E-state index contributed by atoms with van der Waals surface area (Å²) in [6.45, 7) is 0. The molecule has 3 N–H and O–H groups in total. The van der Waals surface area contributed by atoms with Crippen LogP contribution >= 0.6 is 0 Å². The van der Waals surface area contributed by atoms with Crippen molar-refractivity contribution in [3.8, 4) is 0 Å².